The van der Waals surface area contributed by atoms with Gasteiger partial charge in [0.2, 0.25) is 0 Å². The molecule has 0 aromatic carbocycles. The van der Waals surface area contributed by atoms with Crippen LogP contribution in [0.4, 0.5) is 0 Å². The van der Waals surface area contributed by atoms with Crippen molar-refractivity contribution >= 4 is 0 Å². The summed E-state index contributed by atoms with van der Waals surface area (Å²) >= 11 is 0. The van der Waals surface area contributed by atoms with Gasteiger partial charge in [-0.3, -0.25) is 0 Å². The van der Waals surface area contributed by atoms with E-state index in [1.807, 2.05) is 13.8 Å². The number of rotatable bonds is 6. The van der Waals surface area contributed by atoms with Crippen molar-refractivity contribution in [2.75, 3.05) is 33.4 Å². The van der Waals surface area contributed by atoms with Gasteiger partial charge in [-0.1, -0.05) is 0 Å². The van der Waals surface area contributed by atoms with E-state index in [2.05, 4.69) is 5.32 Å². The minimum atomic E-state index is -0.623. The molecule has 1 fully saturated rings. The number of ether oxygens (including phenoxy) is 2. The summed E-state index contributed by atoms with van der Waals surface area (Å²) in [6.45, 7) is 6.91. The van der Waals surface area contributed by atoms with Gasteiger partial charge in [0, 0.05) is 13.7 Å². The molecule has 1 aliphatic rings. The van der Waals surface area contributed by atoms with Gasteiger partial charge in [0.25, 0.3) is 0 Å². The maximum absolute atomic E-state index is 10.2. The Morgan fingerprint density at radius 1 is 1.31 bits per heavy atom. The zero-order valence-corrected chi connectivity index (χ0v) is 10.7. The van der Waals surface area contributed by atoms with E-state index in [9.17, 15) is 5.11 Å². The van der Waals surface area contributed by atoms with Gasteiger partial charge in [-0.2, -0.15) is 0 Å². The topological polar surface area (TPSA) is 50.7 Å². The zero-order chi connectivity index (χ0) is 12.1. The molecule has 1 rings (SSSR count). The predicted octanol–water partition coefficient (Wildman–Crippen LogP) is 0.933. The van der Waals surface area contributed by atoms with Gasteiger partial charge in [0.1, 0.15) is 0 Å². The van der Waals surface area contributed by atoms with Gasteiger partial charge in [0.15, 0.2) is 0 Å². The van der Waals surface area contributed by atoms with Crippen LogP contribution in [0.5, 0.6) is 0 Å². The van der Waals surface area contributed by atoms with Gasteiger partial charge < -0.3 is 19.9 Å². The number of methoxy groups -OCH3 is 1. The molecule has 0 aromatic rings. The minimum absolute atomic E-state index is 0.142. The van der Waals surface area contributed by atoms with Gasteiger partial charge in [0.05, 0.1) is 17.8 Å². The van der Waals surface area contributed by atoms with Crippen LogP contribution in [0.25, 0.3) is 0 Å². The molecule has 0 spiro atoms. The number of aliphatic hydroxyl groups is 1. The fourth-order valence-electron chi connectivity index (χ4n) is 1.72. The van der Waals surface area contributed by atoms with Crippen LogP contribution in [0.2, 0.25) is 0 Å². The van der Waals surface area contributed by atoms with Crippen LogP contribution in [-0.4, -0.2) is 49.7 Å². The summed E-state index contributed by atoms with van der Waals surface area (Å²) in [5.74, 6) is 0. The van der Waals surface area contributed by atoms with E-state index >= 15 is 0 Å². The summed E-state index contributed by atoms with van der Waals surface area (Å²) in [5, 5.41) is 13.4. The highest BCUT2D eigenvalue weighted by atomic mass is 16.5. The van der Waals surface area contributed by atoms with Crippen molar-refractivity contribution in [1.82, 2.24) is 5.32 Å². The van der Waals surface area contributed by atoms with E-state index in [-0.39, 0.29) is 5.60 Å². The molecule has 16 heavy (non-hydrogen) atoms. The summed E-state index contributed by atoms with van der Waals surface area (Å²) in [7, 11) is 1.71. The summed E-state index contributed by atoms with van der Waals surface area (Å²) in [5.41, 5.74) is -0.765. The van der Waals surface area contributed by atoms with Crippen LogP contribution in [-0.2, 0) is 9.47 Å². The lowest BCUT2D eigenvalue weighted by Crippen LogP contribution is -2.45. The lowest BCUT2D eigenvalue weighted by molar-refractivity contribution is -0.0772. The van der Waals surface area contributed by atoms with Crippen LogP contribution in [0, 0.1) is 0 Å². The van der Waals surface area contributed by atoms with Crippen molar-refractivity contribution < 1.29 is 14.6 Å². The molecule has 0 amide bonds. The Kier molecular flexibility index (Phi) is 5.18. The number of hydrogen-bond acceptors (Lipinski definition) is 4. The first kappa shape index (κ1) is 13.9. The molecule has 4 heteroatoms. The molecule has 0 atom stereocenters. The Hall–Kier alpha value is -0.160. The van der Waals surface area contributed by atoms with Gasteiger partial charge in [-0.15, -0.1) is 0 Å². The van der Waals surface area contributed by atoms with Crippen LogP contribution in [0.3, 0.4) is 0 Å². The molecule has 0 aromatic heterocycles. The molecular weight excluding hydrogens is 206 g/mol. The largest absolute Gasteiger partial charge is 0.387 e. The number of piperidine rings is 1. The molecule has 0 radical (unpaired) electrons. The molecular formula is C12H25NO3. The van der Waals surface area contributed by atoms with E-state index < -0.39 is 5.60 Å². The molecule has 0 unspecified atom stereocenters. The van der Waals surface area contributed by atoms with E-state index in [1.165, 1.54) is 0 Å². The van der Waals surface area contributed by atoms with Crippen LogP contribution in [0.1, 0.15) is 33.1 Å². The first-order valence-corrected chi connectivity index (χ1v) is 6.03. The highest BCUT2D eigenvalue weighted by Crippen LogP contribution is 2.19. The zero-order valence-electron chi connectivity index (χ0n) is 10.7. The molecule has 0 aliphatic carbocycles. The predicted molar refractivity (Wildman–Crippen MR) is 63.6 cm³/mol. The van der Waals surface area contributed by atoms with Gasteiger partial charge >= 0.3 is 0 Å². The van der Waals surface area contributed by atoms with Crippen molar-refractivity contribution in [2.45, 2.75) is 44.3 Å². The molecule has 1 aliphatic heterocycles. The Morgan fingerprint density at radius 2 is 1.94 bits per heavy atom. The molecule has 0 saturated carbocycles. The second kappa shape index (κ2) is 5.96. The smallest absolute Gasteiger partial charge is 0.0904 e. The van der Waals surface area contributed by atoms with Gasteiger partial charge in [-0.25, -0.2) is 0 Å². The normalized spacial score (nSPS) is 21.0. The van der Waals surface area contributed by atoms with Crippen LogP contribution in [0.15, 0.2) is 0 Å². The number of hydrogen-bond donors (Lipinski definition) is 2. The third-order valence-electron chi connectivity index (χ3n) is 3.31. The Labute approximate surface area is 98.3 Å². The average Bonchev–Trinajstić information content (AvgIpc) is 2.26. The lowest BCUT2D eigenvalue weighted by Gasteiger charge is -2.32. The van der Waals surface area contributed by atoms with E-state index in [0.717, 1.165) is 32.4 Å². The van der Waals surface area contributed by atoms with Crippen LogP contribution >= 0.6 is 0 Å². The minimum Gasteiger partial charge on any atom is -0.387 e. The molecule has 1 saturated heterocycles. The highest BCUT2D eigenvalue weighted by molar-refractivity contribution is 4.84. The second-order valence-corrected chi connectivity index (χ2v) is 5.24. The molecule has 0 bridgehead atoms. The highest BCUT2D eigenvalue weighted by Gasteiger charge is 2.29. The number of nitrogens with one attached hydrogen (secondary N) is 1. The summed E-state index contributed by atoms with van der Waals surface area (Å²) in [6.07, 6.45) is 2.40. The SMILES string of the molecule is COC(C)(C)CCOCC1(O)CCNCC1. The van der Waals surface area contributed by atoms with E-state index in [0.29, 0.717) is 13.2 Å². The summed E-state index contributed by atoms with van der Waals surface area (Å²) < 4.78 is 10.9. The summed E-state index contributed by atoms with van der Waals surface area (Å²) in [6, 6.07) is 0. The van der Waals surface area contributed by atoms with E-state index in [1.54, 1.807) is 7.11 Å². The molecule has 96 valence electrons. The second-order valence-electron chi connectivity index (χ2n) is 5.24. The fourth-order valence-corrected chi connectivity index (χ4v) is 1.72. The lowest BCUT2D eigenvalue weighted by atomic mass is 9.93. The molecule has 2 N–H and O–H groups in total. The van der Waals surface area contributed by atoms with E-state index in [4.69, 9.17) is 9.47 Å². The third-order valence-corrected chi connectivity index (χ3v) is 3.31. The van der Waals surface area contributed by atoms with Crippen LogP contribution < -0.4 is 5.32 Å². The Morgan fingerprint density at radius 3 is 2.50 bits per heavy atom. The Balaban J connectivity index is 2.15. The molecule has 4 nitrogen and oxygen atoms in total. The van der Waals surface area contributed by atoms with Crippen molar-refractivity contribution in [1.29, 1.82) is 0 Å². The Bertz CT molecular complexity index is 200. The van der Waals surface area contributed by atoms with Crippen molar-refractivity contribution in [3.63, 3.8) is 0 Å². The first-order valence-electron chi connectivity index (χ1n) is 6.03. The molecule has 1 heterocycles. The van der Waals surface area contributed by atoms with Crippen molar-refractivity contribution in [3.8, 4) is 0 Å². The first-order chi connectivity index (χ1) is 7.47. The summed E-state index contributed by atoms with van der Waals surface area (Å²) in [4.78, 5) is 0. The maximum atomic E-state index is 10.2. The average molecular weight is 231 g/mol. The monoisotopic (exact) mass is 231 g/mol. The third kappa shape index (κ3) is 4.78. The van der Waals surface area contributed by atoms with Gasteiger partial charge in [-0.05, 0) is 46.2 Å². The fraction of sp³-hybridized carbons (Fsp3) is 1.00. The maximum Gasteiger partial charge on any atom is 0.0904 e. The standard InChI is InChI=1S/C12H25NO3/c1-11(2,15-3)6-9-16-10-12(14)4-7-13-8-5-12/h13-14H,4-10H2,1-3H3. The quantitative estimate of drug-likeness (QED) is 0.668. The van der Waals surface area contributed by atoms with Crippen molar-refractivity contribution in [2.24, 2.45) is 0 Å². The van der Waals surface area contributed by atoms with Crippen molar-refractivity contribution in [3.05, 3.63) is 0 Å².